The Balaban J connectivity index is 0.000000166. The number of halogens is 1. The standard InChI is InChI=1S/C28H36N4O3.C21H21FN2O3.C7H16N2/c1-31-14-4-6-20(31)11-13-30-24-10-9-23(29-12-5-15-32-16-18-35-19-17-32)25-26(24)28(34)22-8-3-2-7-21(22)27(25)33;22-16-6-7-17(23-8-3-9-24-10-12-27-13-11-24)19-18(16)20(25)14-4-1-2-5-15(14)21(19)26;1-9-6-2-3-7(9)4-5-8/h2-3,7-10,20,29-30H,4-6,11-19H2,1H3;1-2,4-7,23H,3,8-13H2;7H,2-6,8H2,1H3. The van der Waals surface area contributed by atoms with Gasteiger partial charge in [0.15, 0.2) is 23.1 Å². The Labute approximate surface area is 418 Å². The highest BCUT2D eigenvalue weighted by Crippen LogP contribution is 2.37. The second-order valence-electron chi connectivity index (χ2n) is 19.5. The van der Waals surface area contributed by atoms with Crippen molar-refractivity contribution in [2.24, 2.45) is 5.73 Å². The lowest BCUT2D eigenvalue weighted by atomic mass is 9.82. The number of likely N-dealkylation sites (tertiary alicyclic amines) is 2. The third kappa shape index (κ3) is 12.6. The smallest absolute Gasteiger partial charge is 0.197 e. The van der Waals surface area contributed by atoms with Gasteiger partial charge in [0, 0.05) is 97.2 Å². The average Bonchev–Trinajstić information content (AvgIpc) is 4.02. The van der Waals surface area contributed by atoms with Crippen LogP contribution < -0.4 is 21.7 Å². The van der Waals surface area contributed by atoms with Gasteiger partial charge in [-0.25, -0.2) is 4.39 Å². The summed E-state index contributed by atoms with van der Waals surface area (Å²) in [5.74, 6) is -1.56. The van der Waals surface area contributed by atoms with E-state index in [2.05, 4.69) is 49.6 Å². The van der Waals surface area contributed by atoms with Crippen LogP contribution in [0.5, 0.6) is 0 Å². The molecule has 0 saturated carbocycles. The molecular formula is C56H73FN8O6. The Hall–Kier alpha value is -5.39. The van der Waals surface area contributed by atoms with Crippen LogP contribution in [0.4, 0.5) is 21.5 Å². The van der Waals surface area contributed by atoms with E-state index in [1.54, 1.807) is 42.5 Å². The SMILES string of the molecule is CN1CCCC1CCN.CN1CCCC1CCNc1ccc(NCCCN2CCOCC2)c2c1C(=O)c1ccccc1C2=O.O=C1c2ccccc2C(=O)c2c(NCCCN3CCOCC3)ccc(F)c21. The summed E-state index contributed by atoms with van der Waals surface area (Å²) in [4.78, 5) is 62.4. The number of hydrogen-bond acceptors (Lipinski definition) is 14. The molecule has 5 N–H and O–H groups in total. The van der Waals surface area contributed by atoms with Crippen LogP contribution in [-0.4, -0.2) is 174 Å². The van der Waals surface area contributed by atoms with Gasteiger partial charge in [-0.05, 0) is 122 Å². The Morgan fingerprint density at radius 3 is 1.31 bits per heavy atom. The van der Waals surface area contributed by atoms with Crippen molar-refractivity contribution in [2.75, 3.05) is 135 Å². The second-order valence-corrected chi connectivity index (χ2v) is 19.5. The van der Waals surface area contributed by atoms with Crippen LogP contribution in [0, 0.1) is 5.82 Å². The number of benzene rings is 4. The number of carbonyl (C=O) groups excluding carboxylic acids is 4. The number of ketones is 4. The summed E-state index contributed by atoms with van der Waals surface area (Å²) in [5, 5.41) is 10.2. The van der Waals surface area contributed by atoms with Crippen LogP contribution in [0.3, 0.4) is 0 Å². The number of carbonyl (C=O) groups is 4. The molecule has 4 aromatic carbocycles. The number of nitrogens with zero attached hydrogens (tertiary/aromatic N) is 4. The molecule has 0 bridgehead atoms. The third-order valence-electron chi connectivity index (χ3n) is 14.9. The molecule has 0 aromatic heterocycles. The van der Waals surface area contributed by atoms with Gasteiger partial charge in [-0.15, -0.1) is 0 Å². The fourth-order valence-corrected chi connectivity index (χ4v) is 10.8. The number of hydrogen-bond donors (Lipinski definition) is 4. The maximum atomic E-state index is 14.4. The van der Waals surface area contributed by atoms with Crippen LogP contribution in [0.25, 0.3) is 0 Å². The first-order chi connectivity index (χ1) is 34.6. The van der Waals surface area contributed by atoms with Crippen molar-refractivity contribution in [3.63, 3.8) is 0 Å². The molecule has 2 unspecified atom stereocenters. The molecule has 4 fully saturated rings. The number of morpholine rings is 2. The van der Waals surface area contributed by atoms with Crippen molar-refractivity contribution >= 4 is 40.2 Å². The van der Waals surface area contributed by atoms with Crippen LogP contribution in [-0.2, 0) is 9.47 Å². The summed E-state index contributed by atoms with van der Waals surface area (Å²) < 4.78 is 25.1. The number of fused-ring (bicyclic) bond motifs is 4. The quantitative estimate of drug-likeness (QED) is 0.0763. The molecule has 0 spiro atoms. The molecule has 0 amide bonds. The first-order valence-electron chi connectivity index (χ1n) is 25.9. The van der Waals surface area contributed by atoms with E-state index in [4.69, 9.17) is 15.2 Å². The number of rotatable bonds is 16. The maximum absolute atomic E-state index is 14.4. The average molecular weight is 973 g/mol. The Kier molecular flexibility index (Phi) is 18.5. The summed E-state index contributed by atoms with van der Waals surface area (Å²) in [6.07, 6.45) is 9.21. The Morgan fingerprint density at radius 1 is 0.521 bits per heavy atom. The lowest BCUT2D eigenvalue weighted by molar-refractivity contribution is 0.0378. The van der Waals surface area contributed by atoms with Gasteiger partial charge >= 0.3 is 0 Å². The van der Waals surface area contributed by atoms with Gasteiger partial charge in [-0.3, -0.25) is 29.0 Å². The van der Waals surface area contributed by atoms with Crippen LogP contribution in [0.15, 0.2) is 72.8 Å². The van der Waals surface area contributed by atoms with E-state index in [0.29, 0.717) is 46.1 Å². The Morgan fingerprint density at radius 2 is 0.901 bits per heavy atom. The lowest BCUT2D eigenvalue weighted by Crippen LogP contribution is -2.37. The molecule has 4 saturated heterocycles. The van der Waals surface area contributed by atoms with Crippen LogP contribution in [0.1, 0.15) is 115 Å². The topological polar surface area (TPSA) is 162 Å². The van der Waals surface area contributed by atoms with E-state index in [1.165, 1.54) is 44.7 Å². The molecule has 4 aromatic rings. The number of anilines is 3. The van der Waals surface area contributed by atoms with Crippen molar-refractivity contribution < 1.29 is 33.0 Å². The summed E-state index contributed by atoms with van der Waals surface area (Å²) in [7, 11) is 4.37. The number of nitrogens with one attached hydrogen (secondary N) is 3. The molecule has 0 radical (unpaired) electrons. The highest BCUT2D eigenvalue weighted by Gasteiger charge is 2.35. The summed E-state index contributed by atoms with van der Waals surface area (Å²) in [6, 6.07) is 21.8. The highest BCUT2D eigenvalue weighted by atomic mass is 19.1. The molecule has 380 valence electrons. The minimum atomic E-state index is -0.656. The molecule has 6 aliphatic rings. The second kappa shape index (κ2) is 25.3. The van der Waals surface area contributed by atoms with Gasteiger partial charge in [-0.1, -0.05) is 48.5 Å². The van der Waals surface area contributed by atoms with Gasteiger partial charge in [0.05, 0.1) is 48.7 Å². The summed E-state index contributed by atoms with van der Waals surface area (Å²) >= 11 is 0. The molecule has 4 heterocycles. The van der Waals surface area contributed by atoms with Gasteiger partial charge in [-0.2, -0.15) is 0 Å². The minimum Gasteiger partial charge on any atom is -0.384 e. The van der Waals surface area contributed by atoms with Crippen molar-refractivity contribution in [3.05, 3.63) is 123 Å². The first kappa shape index (κ1) is 51.9. The zero-order valence-electron chi connectivity index (χ0n) is 41.7. The van der Waals surface area contributed by atoms with Gasteiger partial charge in [0.1, 0.15) is 5.82 Å². The molecule has 2 aliphatic carbocycles. The molecule has 71 heavy (non-hydrogen) atoms. The van der Waals surface area contributed by atoms with Crippen molar-refractivity contribution in [2.45, 2.75) is 63.5 Å². The van der Waals surface area contributed by atoms with Crippen molar-refractivity contribution in [1.29, 1.82) is 0 Å². The maximum Gasteiger partial charge on any atom is 0.197 e. The summed E-state index contributed by atoms with van der Waals surface area (Å²) in [6.45, 7) is 14.2. The predicted molar refractivity (Wildman–Crippen MR) is 278 cm³/mol. The molecular weight excluding hydrogens is 900 g/mol. The zero-order chi connectivity index (χ0) is 49.7. The fraction of sp³-hybridized carbons (Fsp3) is 0.500. The minimum absolute atomic E-state index is 0.0762. The zero-order valence-corrected chi connectivity index (χ0v) is 41.7. The Bertz CT molecular complexity index is 2490. The molecule has 10 rings (SSSR count). The summed E-state index contributed by atoms with van der Waals surface area (Å²) in [5.41, 5.74) is 10.1. The van der Waals surface area contributed by atoms with Crippen molar-refractivity contribution in [3.8, 4) is 0 Å². The highest BCUT2D eigenvalue weighted by molar-refractivity contribution is 6.32. The van der Waals surface area contributed by atoms with E-state index in [9.17, 15) is 23.6 Å². The molecule has 2 atom stereocenters. The number of nitrogens with two attached hydrogens (primary N) is 1. The molecule has 4 aliphatic heterocycles. The normalized spacial score (nSPS) is 20.2. The largest absolute Gasteiger partial charge is 0.384 e. The van der Waals surface area contributed by atoms with E-state index in [1.807, 2.05) is 24.3 Å². The van der Waals surface area contributed by atoms with Crippen molar-refractivity contribution in [1.82, 2.24) is 19.6 Å². The van der Waals surface area contributed by atoms with E-state index in [-0.39, 0.29) is 34.0 Å². The van der Waals surface area contributed by atoms with Gasteiger partial charge < -0.3 is 41.0 Å². The number of ether oxygens (including phenoxy) is 2. The monoisotopic (exact) mass is 973 g/mol. The van der Waals surface area contributed by atoms with E-state index in [0.717, 1.165) is 129 Å². The van der Waals surface area contributed by atoms with Crippen LogP contribution >= 0.6 is 0 Å². The molecule has 14 nitrogen and oxygen atoms in total. The van der Waals surface area contributed by atoms with E-state index < -0.39 is 11.6 Å². The fourth-order valence-electron chi connectivity index (χ4n) is 10.8. The van der Waals surface area contributed by atoms with E-state index >= 15 is 0 Å². The van der Waals surface area contributed by atoms with Crippen LogP contribution in [0.2, 0.25) is 0 Å². The third-order valence-corrected chi connectivity index (χ3v) is 14.9. The van der Waals surface area contributed by atoms with Gasteiger partial charge in [0.25, 0.3) is 0 Å². The lowest BCUT2D eigenvalue weighted by Gasteiger charge is -2.27. The first-order valence-corrected chi connectivity index (χ1v) is 25.9. The molecule has 15 heteroatoms. The predicted octanol–water partition coefficient (Wildman–Crippen LogP) is 6.66. The van der Waals surface area contributed by atoms with Gasteiger partial charge in [0.2, 0.25) is 0 Å².